The molecule has 4 nitrogen and oxygen atoms in total. The van der Waals surface area contributed by atoms with Crippen molar-refractivity contribution in [3.63, 3.8) is 0 Å². The van der Waals surface area contributed by atoms with E-state index in [2.05, 4.69) is 48.6 Å². The predicted octanol–water partition coefficient (Wildman–Crippen LogP) is 5.28. The molecule has 0 bridgehead atoms. The molecule has 3 aromatic rings. The lowest BCUT2D eigenvalue weighted by molar-refractivity contribution is -0.114. The fraction of sp³-hybridized carbons (Fsp3) is 0.240. The summed E-state index contributed by atoms with van der Waals surface area (Å²) >= 11 is 0. The van der Waals surface area contributed by atoms with Crippen LogP contribution in [0.2, 0.25) is 0 Å². The summed E-state index contributed by atoms with van der Waals surface area (Å²) in [5.74, 6) is 1.17. The van der Waals surface area contributed by atoms with Crippen LogP contribution in [0.15, 0.2) is 60.7 Å². The molecular formula is C25H25NO3. The van der Waals surface area contributed by atoms with Gasteiger partial charge in [-0.25, -0.2) is 0 Å². The number of fused-ring (bicyclic) bond motifs is 1. The number of phenolic OH excluding ortho intramolecular Hbond substituents is 1. The normalized spacial score (nSPS) is 17.9. The van der Waals surface area contributed by atoms with Gasteiger partial charge in [-0.2, -0.15) is 0 Å². The third-order valence-electron chi connectivity index (χ3n) is 5.61. The number of ether oxygens (including phenoxy) is 1. The summed E-state index contributed by atoms with van der Waals surface area (Å²) in [4.78, 5) is 11.4. The molecule has 0 saturated heterocycles. The molecule has 0 aromatic heterocycles. The predicted molar refractivity (Wildman–Crippen MR) is 115 cm³/mol. The second kappa shape index (κ2) is 7.63. The Bertz CT molecular complexity index is 1060. The van der Waals surface area contributed by atoms with Gasteiger partial charge in [-0.1, -0.05) is 48.0 Å². The van der Waals surface area contributed by atoms with Crippen LogP contribution < -0.4 is 10.1 Å². The Balaban J connectivity index is 1.82. The van der Waals surface area contributed by atoms with Gasteiger partial charge in [-0.05, 0) is 43.2 Å². The maximum absolute atomic E-state index is 11.4. The van der Waals surface area contributed by atoms with Crippen molar-refractivity contribution in [2.75, 3.05) is 11.9 Å². The maximum Gasteiger partial charge on any atom is 0.221 e. The number of anilines is 1. The average molecular weight is 387 g/mol. The molecule has 2 atom stereocenters. The largest absolute Gasteiger partial charge is 0.508 e. The van der Waals surface area contributed by atoms with Gasteiger partial charge in [0.05, 0.1) is 6.61 Å². The molecule has 0 saturated carbocycles. The highest BCUT2D eigenvalue weighted by Crippen LogP contribution is 2.48. The van der Waals surface area contributed by atoms with Crippen molar-refractivity contribution in [3.05, 3.63) is 88.5 Å². The van der Waals surface area contributed by atoms with Crippen LogP contribution in [0.25, 0.3) is 0 Å². The number of carbonyl (C=O) groups is 1. The number of aromatic hydroxyl groups is 1. The van der Waals surface area contributed by atoms with Crippen LogP contribution in [0.5, 0.6) is 11.5 Å². The van der Waals surface area contributed by atoms with Crippen molar-refractivity contribution in [1.29, 1.82) is 0 Å². The van der Waals surface area contributed by atoms with Crippen LogP contribution in [-0.2, 0) is 4.79 Å². The fourth-order valence-corrected chi connectivity index (χ4v) is 4.20. The third-order valence-corrected chi connectivity index (χ3v) is 5.61. The van der Waals surface area contributed by atoms with Crippen LogP contribution in [0.3, 0.4) is 0 Å². The molecule has 148 valence electrons. The molecule has 1 aliphatic rings. The topological polar surface area (TPSA) is 58.6 Å². The highest BCUT2D eigenvalue weighted by atomic mass is 16.5. The van der Waals surface area contributed by atoms with Gasteiger partial charge < -0.3 is 15.2 Å². The first-order valence-electron chi connectivity index (χ1n) is 9.83. The van der Waals surface area contributed by atoms with Crippen molar-refractivity contribution < 1.29 is 14.6 Å². The van der Waals surface area contributed by atoms with Gasteiger partial charge in [0.15, 0.2) is 0 Å². The second-order valence-corrected chi connectivity index (χ2v) is 7.74. The van der Waals surface area contributed by atoms with E-state index in [1.807, 2.05) is 25.1 Å². The van der Waals surface area contributed by atoms with E-state index < -0.39 is 0 Å². The summed E-state index contributed by atoms with van der Waals surface area (Å²) in [5, 5.41) is 13.0. The summed E-state index contributed by atoms with van der Waals surface area (Å²) in [6.45, 7) is 6.03. The molecule has 1 aliphatic heterocycles. The maximum atomic E-state index is 11.4. The minimum atomic E-state index is -0.0853. The van der Waals surface area contributed by atoms with E-state index in [9.17, 15) is 9.90 Å². The number of phenols is 1. The smallest absolute Gasteiger partial charge is 0.221 e. The number of amides is 1. The molecule has 0 spiro atoms. The lowest BCUT2D eigenvalue weighted by Gasteiger charge is -2.35. The van der Waals surface area contributed by atoms with Gasteiger partial charge in [0.25, 0.3) is 0 Å². The Kier molecular flexibility index (Phi) is 5.01. The monoisotopic (exact) mass is 387 g/mol. The molecule has 2 unspecified atom stereocenters. The highest BCUT2D eigenvalue weighted by Gasteiger charge is 2.34. The average Bonchev–Trinajstić information content (AvgIpc) is 2.70. The number of nitrogens with one attached hydrogen (secondary N) is 1. The molecule has 1 amide bonds. The SMILES string of the molecule is CC(=O)Nc1ccc(C2c3ccc(O)c(C)c3OCC2c2cccc(C)c2)cc1. The summed E-state index contributed by atoms with van der Waals surface area (Å²) in [5.41, 5.74) is 6.23. The van der Waals surface area contributed by atoms with E-state index in [1.165, 1.54) is 18.1 Å². The van der Waals surface area contributed by atoms with Gasteiger partial charge in [-0.3, -0.25) is 4.79 Å². The Morgan fingerprint density at radius 3 is 2.48 bits per heavy atom. The van der Waals surface area contributed by atoms with E-state index in [4.69, 9.17) is 4.74 Å². The molecule has 0 fully saturated rings. The number of carbonyl (C=O) groups excluding carboxylic acids is 1. The van der Waals surface area contributed by atoms with Crippen LogP contribution >= 0.6 is 0 Å². The second-order valence-electron chi connectivity index (χ2n) is 7.74. The van der Waals surface area contributed by atoms with E-state index in [0.717, 1.165) is 28.1 Å². The Labute approximate surface area is 171 Å². The minimum Gasteiger partial charge on any atom is -0.508 e. The lowest BCUT2D eigenvalue weighted by Crippen LogP contribution is -2.26. The van der Waals surface area contributed by atoms with Crippen molar-refractivity contribution in [3.8, 4) is 11.5 Å². The third kappa shape index (κ3) is 3.70. The number of hydrogen-bond acceptors (Lipinski definition) is 3. The molecule has 3 aromatic carbocycles. The zero-order valence-electron chi connectivity index (χ0n) is 16.9. The van der Waals surface area contributed by atoms with Gasteiger partial charge in [0.1, 0.15) is 11.5 Å². The van der Waals surface area contributed by atoms with Crippen LogP contribution in [0, 0.1) is 13.8 Å². The summed E-state index contributed by atoms with van der Waals surface area (Å²) < 4.78 is 6.15. The Morgan fingerprint density at radius 1 is 1.03 bits per heavy atom. The Hall–Kier alpha value is -3.27. The van der Waals surface area contributed by atoms with Crippen molar-refractivity contribution in [2.45, 2.75) is 32.6 Å². The fourth-order valence-electron chi connectivity index (χ4n) is 4.20. The van der Waals surface area contributed by atoms with Crippen LogP contribution in [0.4, 0.5) is 5.69 Å². The number of aryl methyl sites for hydroxylation is 1. The zero-order chi connectivity index (χ0) is 20.5. The first-order chi connectivity index (χ1) is 13.9. The summed E-state index contributed by atoms with van der Waals surface area (Å²) in [6, 6.07) is 20.3. The first-order valence-corrected chi connectivity index (χ1v) is 9.83. The van der Waals surface area contributed by atoms with Crippen molar-refractivity contribution in [2.24, 2.45) is 0 Å². The Morgan fingerprint density at radius 2 is 1.79 bits per heavy atom. The molecule has 4 heteroatoms. The van der Waals surface area contributed by atoms with Gasteiger partial charge in [0, 0.05) is 35.6 Å². The number of benzene rings is 3. The van der Waals surface area contributed by atoms with Gasteiger partial charge in [-0.15, -0.1) is 0 Å². The zero-order valence-corrected chi connectivity index (χ0v) is 16.9. The first kappa shape index (κ1) is 19.1. The molecular weight excluding hydrogens is 362 g/mol. The molecule has 1 heterocycles. The highest BCUT2D eigenvalue weighted by molar-refractivity contribution is 5.88. The van der Waals surface area contributed by atoms with Crippen LogP contribution in [0.1, 0.15) is 46.6 Å². The number of hydrogen-bond donors (Lipinski definition) is 2. The van der Waals surface area contributed by atoms with E-state index >= 15 is 0 Å². The number of rotatable bonds is 3. The molecule has 0 radical (unpaired) electrons. The van der Waals surface area contributed by atoms with E-state index in [1.54, 1.807) is 6.07 Å². The quantitative estimate of drug-likeness (QED) is 0.643. The van der Waals surface area contributed by atoms with Crippen molar-refractivity contribution in [1.82, 2.24) is 0 Å². The molecule has 0 aliphatic carbocycles. The minimum absolute atomic E-state index is 0.0853. The van der Waals surface area contributed by atoms with Gasteiger partial charge in [0.2, 0.25) is 5.91 Å². The van der Waals surface area contributed by atoms with Crippen molar-refractivity contribution >= 4 is 11.6 Å². The molecule has 29 heavy (non-hydrogen) atoms. The molecule has 4 rings (SSSR count). The van der Waals surface area contributed by atoms with E-state index in [0.29, 0.717) is 6.61 Å². The van der Waals surface area contributed by atoms with Crippen LogP contribution in [-0.4, -0.2) is 17.6 Å². The van der Waals surface area contributed by atoms with Gasteiger partial charge >= 0.3 is 0 Å². The standard InChI is InChI=1S/C25H25NO3/c1-15-5-4-6-19(13-15)22-14-29-25-16(2)23(28)12-11-21(25)24(22)18-7-9-20(10-8-18)26-17(3)27/h4-13,22,24,28H,14H2,1-3H3,(H,26,27). The summed E-state index contributed by atoms with van der Waals surface area (Å²) in [6.07, 6.45) is 0. The summed E-state index contributed by atoms with van der Waals surface area (Å²) in [7, 11) is 0. The van der Waals surface area contributed by atoms with E-state index in [-0.39, 0.29) is 23.5 Å². The molecule has 2 N–H and O–H groups in total. The lowest BCUT2D eigenvalue weighted by atomic mass is 9.75.